The van der Waals surface area contributed by atoms with E-state index in [0.717, 1.165) is 25.8 Å². The van der Waals surface area contributed by atoms with Gasteiger partial charge in [0, 0.05) is 20.1 Å². The zero-order valence-electron chi connectivity index (χ0n) is 22.5. The molecule has 0 fully saturated rings. The molecule has 6 aromatic carbocycles. The molecule has 40 heavy (non-hydrogen) atoms. The first-order valence-corrected chi connectivity index (χ1v) is 14.7. The second-order valence-corrected chi connectivity index (χ2v) is 12.1. The predicted octanol–water partition coefficient (Wildman–Crippen LogP) is 10.7. The number of hydrogen-bond donors (Lipinski definition) is 3. The topological polar surface area (TPSA) is 0 Å². The van der Waals surface area contributed by atoms with Crippen molar-refractivity contribution in [2.45, 2.75) is 33.9 Å². The molecule has 0 nitrogen and oxygen atoms in total. The van der Waals surface area contributed by atoms with Gasteiger partial charge in [-0.15, -0.1) is 37.9 Å². The van der Waals surface area contributed by atoms with Crippen molar-refractivity contribution in [3.63, 3.8) is 0 Å². The highest BCUT2D eigenvalue weighted by atomic mass is 32.1. The maximum absolute atomic E-state index is 5.06. The van der Waals surface area contributed by atoms with Crippen molar-refractivity contribution in [2.75, 3.05) is 0 Å². The van der Waals surface area contributed by atoms with Gasteiger partial charge >= 0.3 is 0 Å². The van der Waals surface area contributed by atoms with Crippen molar-refractivity contribution in [1.82, 2.24) is 0 Å². The van der Waals surface area contributed by atoms with E-state index in [1.807, 2.05) is 24.3 Å². The molecular weight excluding hydrogens is 541 g/mol. The van der Waals surface area contributed by atoms with Crippen LogP contribution in [-0.4, -0.2) is 0 Å². The average molecular weight is 571 g/mol. The van der Waals surface area contributed by atoms with Gasteiger partial charge in [0.2, 0.25) is 0 Å². The Hall–Kier alpha value is -3.37. The van der Waals surface area contributed by atoms with Gasteiger partial charge in [0.1, 0.15) is 0 Å². The molecule has 0 aromatic heterocycles. The van der Waals surface area contributed by atoms with Crippen LogP contribution in [0.1, 0.15) is 29.2 Å². The fourth-order valence-electron chi connectivity index (χ4n) is 5.72. The lowest BCUT2D eigenvalue weighted by Gasteiger charge is -2.35. The Bertz CT molecular complexity index is 1740. The average Bonchev–Trinajstić information content (AvgIpc) is 2.98. The SMILES string of the molecule is Cc1ccc(-c2ccc(S)cc2)cc1C(C)(c1ccc2ccccc2c1)c1cc(-c2ccc(S)cc2)ccc1S. The minimum Gasteiger partial charge on any atom is -0.143 e. The van der Waals surface area contributed by atoms with Gasteiger partial charge in [-0.25, -0.2) is 0 Å². The highest BCUT2D eigenvalue weighted by Gasteiger charge is 2.35. The molecule has 0 radical (unpaired) electrons. The van der Waals surface area contributed by atoms with Gasteiger partial charge in [-0.3, -0.25) is 0 Å². The Morgan fingerprint density at radius 1 is 0.475 bits per heavy atom. The Morgan fingerprint density at radius 3 is 1.62 bits per heavy atom. The molecule has 0 aliphatic rings. The van der Waals surface area contributed by atoms with E-state index in [4.69, 9.17) is 12.6 Å². The van der Waals surface area contributed by atoms with Crippen molar-refractivity contribution >= 4 is 48.7 Å². The molecule has 6 aromatic rings. The normalized spacial score (nSPS) is 12.8. The van der Waals surface area contributed by atoms with Crippen LogP contribution in [0.3, 0.4) is 0 Å². The summed E-state index contributed by atoms with van der Waals surface area (Å²) in [7, 11) is 0. The van der Waals surface area contributed by atoms with Crippen LogP contribution in [0.5, 0.6) is 0 Å². The number of benzene rings is 6. The summed E-state index contributed by atoms with van der Waals surface area (Å²) in [6.07, 6.45) is 0. The molecule has 0 bridgehead atoms. The molecule has 0 saturated carbocycles. The summed E-state index contributed by atoms with van der Waals surface area (Å²) in [5.74, 6) is 0. The first-order chi connectivity index (χ1) is 19.3. The quantitative estimate of drug-likeness (QED) is 0.133. The zero-order chi connectivity index (χ0) is 27.9. The molecule has 0 amide bonds. The van der Waals surface area contributed by atoms with Crippen LogP contribution in [0.4, 0.5) is 0 Å². The molecule has 0 heterocycles. The van der Waals surface area contributed by atoms with Gasteiger partial charge in [0.25, 0.3) is 0 Å². The highest BCUT2D eigenvalue weighted by Crippen LogP contribution is 2.46. The van der Waals surface area contributed by atoms with E-state index in [0.29, 0.717) is 0 Å². The number of aryl methyl sites for hydroxylation is 1. The summed E-state index contributed by atoms with van der Waals surface area (Å²) >= 11 is 14.0. The highest BCUT2D eigenvalue weighted by molar-refractivity contribution is 7.80. The number of hydrogen-bond acceptors (Lipinski definition) is 3. The van der Waals surface area contributed by atoms with Gasteiger partial charge in [-0.1, -0.05) is 78.9 Å². The molecule has 196 valence electrons. The second kappa shape index (κ2) is 10.9. The summed E-state index contributed by atoms with van der Waals surface area (Å²) in [5, 5.41) is 2.46. The Kier molecular flexibility index (Phi) is 7.31. The Labute approximate surface area is 253 Å². The lowest BCUT2D eigenvalue weighted by atomic mass is 9.68. The van der Waals surface area contributed by atoms with Crippen molar-refractivity contribution in [2.24, 2.45) is 0 Å². The third kappa shape index (κ3) is 4.99. The van der Waals surface area contributed by atoms with E-state index < -0.39 is 5.41 Å². The monoisotopic (exact) mass is 570 g/mol. The minimum absolute atomic E-state index is 0.468. The summed E-state index contributed by atoms with van der Waals surface area (Å²) < 4.78 is 0. The van der Waals surface area contributed by atoms with Crippen LogP contribution in [0, 0.1) is 6.92 Å². The molecule has 0 N–H and O–H groups in total. The van der Waals surface area contributed by atoms with Gasteiger partial charge in [-0.2, -0.15) is 0 Å². The molecule has 0 spiro atoms. The summed E-state index contributed by atoms with van der Waals surface area (Å²) in [6.45, 7) is 4.55. The summed E-state index contributed by atoms with van der Waals surface area (Å²) in [4.78, 5) is 2.88. The van der Waals surface area contributed by atoms with Gasteiger partial charge < -0.3 is 0 Å². The first-order valence-electron chi connectivity index (χ1n) is 13.4. The number of fused-ring (bicyclic) bond motifs is 1. The summed E-state index contributed by atoms with van der Waals surface area (Å²) in [6, 6.07) is 45.5. The maximum Gasteiger partial charge on any atom is 0.0437 e. The Balaban J connectivity index is 1.62. The number of thiol groups is 3. The van der Waals surface area contributed by atoms with Crippen molar-refractivity contribution < 1.29 is 0 Å². The van der Waals surface area contributed by atoms with Crippen molar-refractivity contribution in [3.8, 4) is 22.3 Å². The standard InChI is InChI=1S/C37H30S3/c1-24-7-8-29(26-10-16-32(38)17-11-26)22-34(24)37(2,31-15-9-25-5-3-4-6-28(25)21-31)35-23-30(14-20-36(35)40)27-12-18-33(39)19-13-27/h3-23,38-40H,1-2H3. The van der Waals surface area contributed by atoms with Crippen LogP contribution in [0.25, 0.3) is 33.0 Å². The van der Waals surface area contributed by atoms with E-state index in [2.05, 4.69) is 142 Å². The van der Waals surface area contributed by atoms with E-state index in [9.17, 15) is 0 Å². The molecule has 1 atom stereocenters. The summed E-state index contributed by atoms with van der Waals surface area (Å²) in [5.41, 5.74) is 9.10. The first kappa shape index (κ1) is 26.8. The second-order valence-electron chi connectivity index (χ2n) is 10.5. The van der Waals surface area contributed by atoms with Gasteiger partial charge in [0.15, 0.2) is 0 Å². The van der Waals surface area contributed by atoms with Crippen LogP contribution < -0.4 is 0 Å². The van der Waals surface area contributed by atoms with Crippen LogP contribution in [0.15, 0.2) is 142 Å². The molecule has 3 heteroatoms. The van der Waals surface area contributed by atoms with Crippen molar-refractivity contribution in [3.05, 3.63) is 150 Å². The fourth-order valence-corrected chi connectivity index (χ4v) is 6.38. The fraction of sp³-hybridized carbons (Fsp3) is 0.0811. The van der Waals surface area contributed by atoms with E-state index in [1.54, 1.807) is 0 Å². The third-order valence-corrected chi connectivity index (χ3v) is 9.03. The third-order valence-electron chi connectivity index (χ3n) is 8.04. The van der Waals surface area contributed by atoms with E-state index >= 15 is 0 Å². The van der Waals surface area contributed by atoms with Crippen molar-refractivity contribution in [1.29, 1.82) is 0 Å². The molecule has 0 aliphatic heterocycles. The van der Waals surface area contributed by atoms with E-state index in [-0.39, 0.29) is 0 Å². The number of rotatable bonds is 5. The largest absolute Gasteiger partial charge is 0.143 e. The molecule has 0 saturated heterocycles. The zero-order valence-corrected chi connectivity index (χ0v) is 25.1. The van der Waals surface area contributed by atoms with Gasteiger partial charge in [0.05, 0.1) is 0 Å². The maximum atomic E-state index is 5.06. The Morgan fingerprint density at radius 2 is 1.00 bits per heavy atom. The van der Waals surface area contributed by atoms with E-state index in [1.165, 1.54) is 44.2 Å². The molecule has 0 aliphatic carbocycles. The smallest absolute Gasteiger partial charge is 0.0437 e. The van der Waals surface area contributed by atoms with Crippen LogP contribution >= 0.6 is 37.9 Å². The van der Waals surface area contributed by atoms with Crippen LogP contribution in [-0.2, 0) is 5.41 Å². The predicted molar refractivity (Wildman–Crippen MR) is 180 cm³/mol. The van der Waals surface area contributed by atoms with Gasteiger partial charge in [-0.05, 0) is 118 Å². The van der Waals surface area contributed by atoms with Crippen LogP contribution in [0.2, 0.25) is 0 Å². The molecule has 6 rings (SSSR count). The minimum atomic E-state index is -0.468. The lowest BCUT2D eigenvalue weighted by molar-refractivity contribution is 0.674. The molecule has 1 unspecified atom stereocenters. The lowest BCUT2D eigenvalue weighted by Crippen LogP contribution is -2.27. The molecular formula is C37H30S3.